The van der Waals surface area contributed by atoms with Gasteiger partial charge in [-0.3, -0.25) is 9.69 Å². The summed E-state index contributed by atoms with van der Waals surface area (Å²) in [7, 11) is 1.68. The van der Waals surface area contributed by atoms with Crippen molar-refractivity contribution in [3.8, 4) is 0 Å². The van der Waals surface area contributed by atoms with Crippen molar-refractivity contribution in [2.45, 2.75) is 57.2 Å². The maximum atomic E-state index is 12.4. The van der Waals surface area contributed by atoms with E-state index in [2.05, 4.69) is 15.5 Å². The number of carbonyl (C=O) groups excluding carboxylic acids is 1. The Hall–Kier alpha value is -0.650. The molecule has 2 aliphatic rings. The molecule has 2 N–H and O–H groups in total. The van der Waals surface area contributed by atoms with Crippen LogP contribution in [0.25, 0.3) is 0 Å². The lowest BCUT2D eigenvalue weighted by Crippen LogP contribution is -2.52. The molecule has 1 unspecified atom stereocenters. The lowest BCUT2D eigenvalue weighted by molar-refractivity contribution is -0.127. The van der Waals surface area contributed by atoms with E-state index >= 15 is 0 Å². The third-order valence-corrected chi connectivity index (χ3v) is 4.62. The molecule has 0 saturated carbocycles. The van der Waals surface area contributed by atoms with Crippen LogP contribution in [-0.2, 0) is 9.53 Å². The van der Waals surface area contributed by atoms with Crippen LogP contribution in [-0.4, -0.2) is 61.8 Å². The maximum absolute atomic E-state index is 12.4. The van der Waals surface area contributed by atoms with E-state index in [9.17, 15) is 4.79 Å². The average Bonchev–Trinajstić information content (AvgIpc) is 2.95. The van der Waals surface area contributed by atoms with Gasteiger partial charge in [0.25, 0.3) is 0 Å². The molecular formula is C15H29N3O2. The third kappa shape index (κ3) is 3.93. The van der Waals surface area contributed by atoms with Gasteiger partial charge in [-0.1, -0.05) is 0 Å². The van der Waals surface area contributed by atoms with Crippen molar-refractivity contribution in [1.82, 2.24) is 15.5 Å². The fraction of sp³-hybridized carbons (Fsp3) is 0.933. The van der Waals surface area contributed by atoms with Gasteiger partial charge >= 0.3 is 0 Å². The maximum Gasteiger partial charge on any atom is 0.237 e. The van der Waals surface area contributed by atoms with Crippen LogP contribution in [0.2, 0.25) is 0 Å². The molecule has 0 spiro atoms. The van der Waals surface area contributed by atoms with Crippen molar-refractivity contribution in [3.63, 3.8) is 0 Å². The van der Waals surface area contributed by atoms with E-state index in [1.807, 2.05) is 13.8 Å². The van der Waals surface area contributed by atoms with Gasteiger partial charge in [-0.25, -0.2) is 0 Å². The smallest absolute Gasteiger partial charge is 0.237 e. The van der Waals surface area contributed by atoms with Crippen molar-refractivity contribution < 1.29 is 9.53 Å². The number of carbonyl (C=O) groups is 1. The summed E-state index contributed by atoms with van der Waals surface area (Å²) in [4.78, 5) is 14.9. The van der Waals surface area contributed by atoms with E-state index in [0.29, 0.717) is 12.6 Å². The van der Waals surface area contributed by atoms with E-state index in [0.717, 1.165) is 45.3 Å². The zero-order valence-electron chi connectivity index (χ0n) is 13.1. The third-order valence-electron chi connectivity index (χ3n) is 4.62. The number of amides is 1. The fourth-order valence-electron chi connectivity index (χ4n) is 3.14. The highest BCUT2D eigenvalue weighted by molar-refractivity contribution is 5.82. The van der Waals surface area contributed by atoms with Crippen molar-refractivity contribution in [3.05, 3.63) is 0 Å². The Morgan fingerprint density at radius 2 is 2.05 bits per heavy atom. The van der Waals surface area contributed by atoms with Gasteiger partial charge in [0.15, 0.2) is 0 Å². The summed E-state index contributed by atoms with van der Waals surface area (Å²) in [6.07, 6.45) is 4.44. The molecule has 2 heterocycles. The van der Waals surface area contributed by atoms with E-state index in [1.54, 1.807) is 7.11 Å². The zero-order chi connectivity index (χ0) is 14.6. The Morgan fingerprint density at radius 3 is 2.70 bits per heavy atom. The predicted molar refractivity (Wildman–Crippen MR) is 79.7 cm³/mol. The molecule has 1 amide bonds. The molecule has 0 aromatic carbocycles. The molecular weight excluding hydrogens is 254 g/mol. The minimum Gasteiger partial charge on any atom is -0.377 e. The van der Waals surface area contributed by atoms with Crippen LogP contribution < -0.4 is 10.6 Å². The van der Waals surface area contributed by atoms with Crippen LogP contribution in [0.1, 0.15) is 39.5 Å². The number of piperidine rings is 1. The molecule has 0 bridgehead atoms. The van der Waals surface area contributed by atoms with Gasteiger partial charge in [0.2, 0.25) is 5.91 Å². The molecule has 2 aliphatic heterocycles. The van der Waals surface area contributed by atoms with Crippen LogP contribution in [0.3, 0.4) is 0 Å². The summed E-state index contributed by atoms with van der Waals surface area (Å²) < 4.78 is 5.36. The topological polar surface area (TPSA) is 53.6 Å². The van der Waals surface area contributed by atoms with E-state index < -0.39 is 0 Å². The highest BCUT2D eigenvalue weighted by Crippen LogP contribution is 2.24. The molecule has 20 heavy (non-hydrogen) atoms. The largest absolute Gasteiger partial charge is 0.377 e. The molecule has 0 aliphatic carbocycles. The molecule has 5 nitrogen and oxygen atoms in total. The Kier molecular flexibility index (Phi) is 5.41. The highest BCUT2D eigenvalue weighted by Gasteiger charge is 2.36. The number of rotatable bonds is 5. The average molecular weight is 283 g/mol. The second-order valence-corrected chi connectivity index (χ2v) is 6.56. The van der Waals surface area contributed by atoms with Crippen molar-refractivity contribution in [2.75, 3.05) is 33.3 Å². The van der Waals surface area contributed by atoms with E-state index in [1.165, 1.54) is 0 Å². The van der Waals surface area contributed by atoms with Crippen LogP contribution >= 0.6 is 0 Å². The van der Waals surface area contributed by atoms with E-state index in [-0.39, 0.29) is 17.6 Å². The summed E-state index contributed by atoms with van der Waals surface area (Å²) in [5.41, 5.74) is -0.298. The van der Waals surface area contributed by atoms with Gasteiger partial charge in [0, 0.05) is 19.7 Å². The van der Waals surface area contributed by atoms with Crippen LogP contribution in [0.15, 0.2) is 0 Å². The number of nitrogens with one attached hydrogen (secondary N) is 2. The van der Waals surface area contributed by atoms with Gasteiger partial charge in [0.05, 0.1) is 11.6 Å². The lowest BCUT2D eigenvalue weighted by Gasteiger charge is -2.35. The molecule has 1 atom stereocenters. The Morgan fingerprint density at radius 1 is 1.35 bits per heavy atom. The first-order valence-electron chi connectivity index (χ1n) is 7.83. The number of ether oxygens (including phenoxy) is 1. The molecule has 0 aromatic rings. The normalized spacial score (nSPS) is 25.9. The van der Waals surface area contributed by atoms with Gasteiger partial charge < -0.3 is 15.4 Å². The second-order valence-electron chi connectivity index (χ2n) is 6.56. The molecule has 0 aromatic heterocycles. The van der Waals surface area contributed by atoms with Gasteiger partial charge in [-0.15, -0.1) is 0 Å². The Balaban J connectivity index is 1.87. The fourth-order valence-corrected chi connectivity index (χ4v) is 3.14. The van der Waals surface area contributed by atoms with E-state index in [4.69, 9.17) is 4.74 Å². The van der Waals surface area contributed by atoms with Crippen LogP contribution in [0.4, 0.5) is 0 Å². The molecule has 0 radical (unpaired) electrons. The summed E-state index contributed by atoms with van der Waals surface area (Å²) >= 11 is 0. The zero-order valence-corrected chi connectivity index (χ0v) is 13.1. The minimum absolute atomic E-state index is 0.0609. The number of likely N-dealkylation sites (tertiary alicyclic amines) is 1. The lowest BCUT2D eigenvalue weighted by atomic mass is 10.0. The first-order valence-corrected chi connectivity index (χ1v) is 7.83. The SMILES string of the molecule is COC(C)(C)CNC(=O)C1CCCN1C1CCNCC1. The summed E-state index contributed by atoms with van der Waals surface area (Å²) in [5, 5.41) is 6.45. The number of nitrogens with zero attached hydrogens (tertiary/aromatic N) is 1. The molecule has 116 valence electrons. The predicted octanol–water partition coefficient (Wildman–Crippen LogP) is 0.744. The number of hydrogen-bond acceptors (Lipinski definition) is 4. The monoisotopic (exact) mass is 283 g/mol. The minimum atomic E-state index is -0.298. The standard InChI is InChI=1S/C15H29N3O2/c1-15(2,20-3)11-17-14(19)13-5-4-10-18(13)12-6-8-16-9-7-12/h12-13,16H,4-11H2,1-3H3,(H,17,19). The number of hydrogen-bond donors (Lipinski definition) is 2. The summed E-state index contributed by atoms with van der Waals surface area (Å²) in [6, 6.07) is 0.635. The first kappa shape index (κ1) is 15.7. The van der Waals surface area contributed by atoms with Crippen LogP contribution in [0, 0.1) is 0 Å². The summed E-state index contributed by atoms with van der Waals surface area (Å²) in [5.74, 6) is 0.172. The van der Waals surface area contributed by atoms with Crippen molar-refractivity contribution in [2.24, 2.45) is 0 Å². The Bertz CT molecular complexity index is 327. The quantitative estimate of drug-likeness (QED) is 0.781. The summed E-state index contributed by atoms with van der Waals surface area (Å²) in [6.45, 7) is 7.77. The Labute approximate surface area is 122 Å². The van der Waals surface area contributed by atoms with Gasteiger partial charge in [-0.05, 0) is 59.2 Å². The highest BCUT2D eigenvalue weighted by atomic mass is 16.5. The van der Waals surface area contributed by atoms with Gasteiger partial charge in [0.1, 0.15) is 0 Å². The molecule has 5 heteroatoms. The second kappa shape index (κ2) is 6.87. The molecule has 2 saturated heterocycles. The molecule has 2 fully saturated rings. The van der Waals surface area contributed by atoms with Crippen molar-refractivity contribution >= 4 is 5.91 Å². The van der Waals surface area contributed by atoms with Crippen LogP contribution in [0.5, 0.6) is 0 Å². The van der Waals surface area contributed by atoms with Gasteiger partial charge in [-0.2, -0.15) is 0 Å². The number of methoxy groups -OCH3 is 1. The van der Waals surface area contributed by atoms with Crippen molar-refractivity contribution in [1.29, 1.82) is 0 Å². The first-order chi connectivity index (χ1) is 9.53. The molecule has 2 rings (SSSR count).